The van der Waals surface area contributed by atoms with Crippen molar-refractivity contribution < 1.29 is 4.74 Å². The molecule has 0 unspecified atom stereocenters. The zero-order valence-electron chi connectivity index (χ0n) is 15.4. The number of anilines is 2. The summed E-state index contributed by atoms with van der Waals surface area (Å²) in [5, 5.41) is 12.5. The van der Waals surface area contributed by atoms with E-state index in [-0.39, 0.29) is 0 Å². The lowest BCUT2D eigenvalue weighted by Gasteiger charge is -2.08. The van der Waals surface area contributed by atoms with Crippen LogP contribution in [-0.4, -0.2) is 29.9 Å². The number of para-hydroxylation sites is 1. The second kappa shape index (κ2) is 7.43. The van der Waals surface area contributed by atoms with E-state index in [9.17, 15) is 0 Å². The molecule has 5 aromatic rings. The van der Waals surface area contributed by atoms with E-state index < -0.39 is 0 Å². The highest BCUT2D eigenvalue weighted by Gasteiger charge is 2.06. The molecule has 142 valence electrons. The Balaban J connectivity index is 1.23. The topological polar surface area (TPSA) is 93.5 Å². The van der Waals surface area contributed by atoms with Crippen molar-refractivity contribution in [3.8, 4) is 11.4 Å². The van der Waals surface area contributed by atoms with E-state index in [0.29, 0.717) is 6.61 Å². The fraction of sp³-hybridized carbons (Fsp3) is 0.0476. The van der Waals surface area contributed by atoms with Crippen molar-refractivity contribution >= 4 is 22.5 Å². The summed E-state index contributed by atoms with van der Waals surface area (Å²) in [6, 6.07) is 19.5. The number of hydrogen-bond donors (Lipinski definition) is 2. The lowest BCUT2D eigenvalue weighted by molar-refractivity contribution is 0.301. The Morgan fingerprint density at radius 1 is 0.966 bits per heavy atom. The molecule has 0 saturated heterocycles. The average molecular weight is 383 g/mol. The largest absolute Gasteiger partial charge is 0.487 e. The van der Waals surface area contributed by atoms with Crippen LogP contribution >= 0.6 is 0 Å². The van der Waals surface area contributed by atoms with E-state index in [1.54, 1.807) is 4.68 Å². The van der Waals surface area contributed by atoms with Crippen molar-refractivity contribution in [2.24, 2.45) is 0 Å². The molecule has 0 fully saturated rings. The van der Waals surface area contributed by atoms with Crippen LogP contribution in [0.5, 0.6) is 5.75 Å². The van der Waals surface area contributed by atoms with Crippen LogP contribution in [0.1, 0.15) is 5.69 Å². The summed E-state index contributed by atoms with van der Waals surface area (Å²) in [6.07, 6.45) is 5.24. The fourth-order valence-corrected chi connectivity index (χ4v) is 2.97. The molecule has 0 aliphatic carbocycles. The van der Waals surface area contributed by atoms with Gasteiger partial charge in [-0.2, -0.15) is 0 Å². The summed E-state index contributed by atoms with van der Waals surface area (Å²) < 4.78 is 7.56. The first-order valence-electron chi connectivity index (χ1n) is 9.10. The predicted molar refractivity (Wildman–Crippen MR) is 109 cm³/mol. The van der Waals surface area contributed by atoms with Gasteiger partial charge in [-0.15, -0.1) is 5.10 Å². The third-order valence-electron chi connectivity index (χ3n) is 4.42. The molecular formula is C21H17N7O. The average Bonchev–Trinajstić information content (AvgIpc) is 3.44. The van der Waals surface area contributed by atoms with Gasteiger partial charge >= 0.3 is 0 Å². The summed E-state index contributed by atoms with van der Waals surface area (Å²) in [5.41, 5.74) is 3.43. The minimum atomic E-state index is 0.343. The molecule has 0 bridgehead atoms. The molecule has 5 rings (SSSR count). The van der Waals surface area contributed by atoms with Gasteiger partial charge in [-0.3, -0.25) is 0 Å². The fourth-order valence-electron chi connectivity index (χ4n) is 2.97. The number of nitrogens with one attached hydrogen (secondary N) is 2. The molecule has 8 heteroatoms. The number of aromatic nitrogens is 6. The Labute approximate surface area is 166 Å². The van der Waals surface area contributed by atoms with Gasteiger partial charge in [0.2, 0.25) is 0 Å². The summed E-state index contributed by atoms with van der Waals surface area (Å²) in [7, 11) is 0. The van der Waals surface area contributed by atoms with Crippen LogP contribution in [0.3, 0.4) is 0 Å². The molecule has 3 aromatic heterocycles. The number of ether oxygens (including phenoxy) is 1. The summed E-state index contributed by atoms with van der Waals surface area (Å²) >= 11 is 0. The molecule has 0 radical (unpaired) electrons. The van der Waals surface area contributed by atoms with Crippen LogP contribution in [0, 0.1) is 0 Å². The maximum Gasteiger partial charge on any atom is 0.143 e. The Morgan fingerprint density at radius 2 is 1.83 bits per heavy atom. The van der Waals surface area contributed by atoms with Crippen LogP contribution in [0.2, 0.25) is 0 Å². The smallest absolute Gasteiger partial charge is 0.143 e. The van der Waals surface area contributed by atoms with Crippen molar-refractivity contribution in [1.29, 1.82) is 0 Å². The van der Waals surface area contributed by atoms with Gasteiger partial charge in [0.15, 0.2) is 0 Å². The van der Waals surface area contributed by atoms with Gasteiger partial charge in [-0.25, -0.2) is 14.6 Å². The zero-order chi connectivity index (χ0) is 19.5. The molecule has 3 heterocycles. The summed E-state index contributed by atoms with van der Waals surface area (Å²) in [4.78, 5) is 11.6. The minimum absolute atomic E-state index is 0.343. The standard InChI is InChI=1S/C21H17N7O/c1-2-4-17(5-3-1)28-12-16(26-27-28)13-29-18-8-6-15(7-9-18)25-21-19-10-11-22-20(19)23-14-24-21/h1-12,14H,13H2,(H2,22,23,24,25). The van der Waals surface area contributed by atoms with Gasteiger partial charge < -0.3 is 15.0 Å². The Hall–Kier alpha value is -4.20. The first kappa shape index (κ1) is 16.9. The number of rotatable bonds is 6. The van der Waals surface area contributed by atoms with Gasteiger partial charge in [0.1, 0.15) is 35.8 Å². The summed E-state index contributed by atoms with van der Waals surface area (Å²) in [6.45, 7) is 0.343. The van der Waals surface area contributed by atoms with E-state index in [0.717, 1.165) is 39.7 Å². The molecule has 0 spiro atoms. The van der Waals surface area contributed by atoms with E-state index in [2.05, 4.69) is 30.6 Å². The monoisotopic (exact) mass is 383 g/mol. The number of aromatic amines is 1. The molecule has 0 atom stereocenters. The third kappa shape index (κ3) is 3.63. The van der Waals surface area contributed by atoms with Crippen LogP contribution in [0.25, 0.3) is 16.7 Å². The van der Waals surface area contributed by atoms with Crippen LogP contribution in [0.15, 0.2) is 79.4 Å². The van der Waals surface area contributed by atoms with E-state index in [1.165, 1.54) is 6.33 Å². The normalized spacial score (nSPS) is 10.9. The van der Waals surface area contributed by atoms with Crippen molar-refractivity contribution in [1.82, 2.24) is 29.9 Å². The Bertz CT molecular complexity index is 1230. The van der Waals surface area contributed by atoms with Gasteiger partial charge in [0.05, 0.1) is 17.3 Å². The molecule has 2 N–H and O–H groups in total. The number of hydrogen-bond acceptors (Lipinski definition) is 6. The number of fused-ring (bicyclic) bond motifs is 1. The van der Waals surface area contributed by atoms with Gasteiger partial charge in [-0.1, -0.05) is 23.4 Å². The Kier molecular flexibility index (Phi) is 4.34. The van der Waals surface area contributed by atoms with Crippen molar-refractivity contribution in [2.45, 2.75) is 6.61 Å². The van der Waals surface area contributed by atoms with E-state index >= 15 is 0 Å². The molecule has 8 nitrogen and oxygen atoms in total. The quantitative estimate of drug-likeness (QED) is 0.462. The van der Waals surface area contributed by atoms with Crippen LogP contribution in [-0.2, 0) is 6.61 Å². The second-order valence-corrected chi connectivity index (χ2v) is 6.39. The lowest BCUT2D eigenvalue weighted by Crippen LogP contribution is -1.97. The molecule has 0 amide bonds. The summed E-state index contributed by atoms with van der Waals surface area (Å²) in [5.74, 6) is 1.50. The Morgan fingerprint density at radius 3 is 2.69 bits per heavy atom. The predicted octanol–water partition coefficient (Wildman–Crippen LogP) is 3.86. The highest BCUT2D eigenvalue weighted by Crippen LogP contribution is 2.24. The SMILES string of the molecule is c1ccc(-n2cc(COc3ccc(Nc4ncnc5[nH]ccc45)cc3)nn2)cc1. The van der Waals surface area contributed by atoms with Gasteiger partial charge in [-0.05, 0) is 42.5 Å². The van der Waals surface area contributed by atoms with Crippen molar-refractivity contribution in [3.63, 3.8) is 0 Å². The number of nitrogens with zero attached hydrogens (tertiary/aromatic N) is 5. The maximum absolute atomic E-state index is 5.83. The van der Waals surface area contributed by atoms with Crippen molar-refractivity contribution in [2.75, 3.05) is 5.32 Å². The first-order valence-corrected chi connectivity index (χ1v) is 9.10. The minimum Gasteiger partial charge on any atom is -0.487 e. The molecule has 29 heavy (non-hydrogen) atoms. The highest BCUT2D eigenvalue weighted by atomic mass is 16.5. The third-order valence-corrected chi connectivity index (χ3v) is 4.42. The highest BCUT2D eigenvalue weighted by molar-refractivity contribution is 5.88. The van der Waals surface area contributed by atoms with Crippen molar-refractivity contribution in [3.05, 3.63) is 85.1 Å². The van der Waals surface area contributed by atoms with Crippen LogP contribution in [0.4, 0.5) is 11.5 Å². The molecule has 0 saturated carbocycles. The lowest BCUT2D eigenvalue weighted by atomic mass is 10.3. The molecule has 2 aromatic carbocycles. The first-order chi connectivity index (χ1) is 14.3. The van der Waals surface area contributed by atoms with E-state index in [4.69, 9.17) is 4.74 Å². The van der Waals surface area contributed by atoms with Gasteiger partial charge in [0, 0.05) is 11.9 Å². The molecule has 0 aliphatic rings. The number of benzene rings is 2. The molecule has 0 aliphatic heterocycles. The van der Waals surface area contributed by atoms with Gasteiger partial charge in [0.25, 0.3) is 0 Å². The number of H-pyrrole nitrogens is 1. The second-order valence-electron chi connectivity index (χ2n) is 6.39. The van der Waals surface area contributed by atoms with Crippen LogP contribution < -0.4 is 10.1 Å². The van der Waals surface area contributed by atoms with E-state index in [1.807, 2.05) is 73.1 Å². The maximum atomic E-state index is 5.83. The zero-order valence-corrected chi connectivity index (χ0v) is 15.4. The molecular weight excluding hydrogens is 366 g/mol.